The fourth-order valence-electron chi connectivity index (χ4n) is 2.76. The van der Waals surface area contributed by atoms with E-state index in [4.69, 9.17) is 15.9 Å². The van der Waals surface area contributed by atoms with Crippen molar-refractivity contribution in [1.82, 2.24) is 4.98 Å². The van der Waals surface area contributed by atoms with Crippen molar-refractivity contribution in [2.75, 3.05) is 11.4 Å². The fourth-order valence-corrected chi connectivity index (χ4v) is 2.76. The summed E-state index contributed by atoms with van der Waals surface area (Å²) in [5.41, 5.74) is 8.66. The number of hydrogen-bond donors (Lipinski definition) is 2. The van der Waals surface area contributed by atoms with E-state index in [1.807, 2.05) is 19.9 Å². The number of pyridine rings is 1. The Balaban J connectivity index is 2.04. The van der Waals surface area contributed by atoms with Gasteiger partial charge in [-0.05, 0) is 57.1 Å². The summed E-state index contributed by atoms with van der Waals surface area (Å²) in [4.78, 5) is 7.08. The van der Waals surface area contributed by atoms with Gasteiger partial charge < -0.3 is 15.8 Å². The highest BCUT2D eigenvalue weighted by molar-refractivity contribution is 6.02. The summed E-state index contributed by atoms with van der Waals surface area (Å²) in [7, 11) is 0. The second-order valence-electron chi connectivity index (χ2n) is 6.09. The number of amidine groups is 1. The number of anilines is 1. The average molecular weight is 274 g/mol. The van der Waals surface area contributed by atoms with E-state index in [-0.39, 0.29) is 5.84 Å². The Kier molecular flexibility index (Phi) is 3.28. The molecule has 1 heterocycles. The third-order valence-corrected chi connectivity index (χ3v) is 4.10. The molecular formula is C15H22N4O. The average Bonchev–Trinajstić information content (AvgIpc) is 3.26. The second-order valence-corrected chi connectivity index (χ2v) is 6.09. The van der Waals surface area contributed by atoms with Crippen LogP contribution in [0.2, 0.25) is 0 Å². The van der Waals surface area contributed by atoms with E-state index in [0.717, 1.165) is 35.1 Å². The van der Waals surface area contributed by atoms with Crippen molar-refractivity contribution in [3.8, 4) is 0 Å². The van der Waals surface area contributed by atoms with Crippen LogP contribution in [0.25, 0.3) is 0 Å². The van der Waals surface area contributed by atoms with Gasteiger partial charge in [-0.25, -0.2) is 4.98 Å². The third kappa shape index (κ3) is 2.57. The lowest BCUT2D eigenvalue weighted by molar-refractivity contribution is 0.318. The van der Waals surface area contributed by atoms with Gasteiger partial charge >= 0.3 is 0 Å². The molecule has 0 atom stereocenters. The van der Waals surface area contributed by atoms with E-state index in [1.54, 1.807) is 0 Å². The van der Waals surface area contributed by atoms with Gasteiger partial charge in [-0.15, -0.1) is 0 Å². The molecule has 5 nitrogen and oxygen atoms in total. The van der Waals surface area contributed by atoms with Gasteiger partial charge in [-0.2, -0.15) is 0 Å². The largest absolute Gasteiger partial charge is 0.409 e. The summed E-state index contributed by atoms with van der Waals surface area (Å²) in [5, 5.41) is 12.2. The highest BCUT2D eigenvalue weighted by Crippen LogP contribution is 2.38. The van der Waals surface area contributed by atoms with Crippen LogP contribution >= 0.6 is 0 Å². The molecule has 2 saturated carbocycles. The molecular weight excluding hydrogens is 252 g/mol. The maximum atomic E-state index is 9.05. The first kappa shape index (κ1) is 13.2. The SMILES string of the molecule is Cc1cc(C)c(C(N)=NO)c(N(CC2CC2)C2CC2)n1. The Morgan fingerprint density at radius 1 is 1.40 bits per heavy atom. The molecule has 0 bridgehead atoms. The van der Waals surface area contributed by atoms with Crippen LogP contribution in [0.5, 0.6) is 0 Å². The van der Waals surface area contributed by atoms with Crippen LogP contribution in [-0.2, 0) is 0 Å². The molecule has 0 aromatic carbocycles. The molecule has 0 unspecified atom stereocenters. The first-order chi connectivity index (χ1) is 9.60. The number of aromatic nitrogens is 1. The zero-order chi connectivity index (χ0) is 14.3. The van der Waals surface area contributed by atoms with Crippen LogP contribution < -0.4 is 10.6 Å². The molecule has 5 heteroatoms. The smallest absolute Gasteiger partial charge is 0.174 e. The number of oxime groups is 1. The minimum absolute atomic E-state index is 0.159. The lowest BCUT2D eigenvalue weighted by Crippen LogP contribution is -2.32. The Morgan fingerprint density at radius 2 is 2.10 bits per heavy atom. The van der Waals surface area contributed by atoms with Crippen molar-refractivity contribution in [3.63, 3.8) is 0 Å². The van der Waals surface area contributed by atoms with Gasteiger partial charge in [0.2, 0.25) is 0 Å². The third-order valence-electron chi connectivity index (χ3n) is 4.10. The van der Waals surface area contributed by atoms with E-state index in [1.165, 1.54) is 25.7 Å². The molecule has 2 aliphatic carbocycles. The Bertz CT molecular complexity index is 547. The maximum Gasteiger partial charge on any atom is 0.174 e. The molecule has 1 aromatic heterocycles. The molecule has 0 saturated heterocycles. The van der Waals surface area contributed by atoms with Crippen molar-refractivity contribution in [2.24, 2.45) is 16.8 Å². The van der Waals surface area contributed by atoms with Crippen LogP contribution in [0.1, 0.15) is 42.5 Å². The molecule has 3 N–H and O–H groups in total. The van der Waals surface area contributed by atoms with Crippen molar-refractivity contribution in [2.45, 2.75) is 45.6 Å². The minimum atomic E-state index is 0.159. The normalized spacial score (nSPS) is 19.2. The summed E-state index contributed by atoms with van der Waals surface area (Å²) in [6, 6.07) is 2.56. The number of hydrogen-bond acceptors (Lipinski definition) is 4. The van der Waals surface area contributed by atoms with Crippen LogP contribution in [0.3, 0.4) is 0 Å². The summed E-state index contributed by atoms with van der Waals surface area (Å²) in [6.45, 7) is 5.04. The summed E-state index contributed by atoms with van der Waals surface area (Å²) < 4.78 is 0. The lowest BCUT2D eigenvalue weighted by atomic mass is 10.1. The second kappa shape index (κ2) is 4.96. The van der Waals surface area contributed by atoms with Crippen LogP contribution in [0.15, 0.2) is 11.2 Å². The minimum Gasteiger partial charge on any atom is -0.409 e. The molecule has 0 spiro atoms. The van der Waals surface area contributed by atoms with E-state index in [2.05, 4.69) is 10.1 Å². The first-order valence-corrected chi connectivity index (χ1v) is 7.33. The maximum absolute atomic E-state index is 9.05. The zero-order valence-electron chi connectivity index (χ0n) is 12.1. The fraction of sp³-hybridized carbons (Fsp3) is 0.600. The highest BCUT2D eigenvalue weighted by Gasteiger charge is 2.36. The summed E-state index contributed by atoms with van der Waals surface area (Å²) >= 11 is 0. The quantitative estimate of drug-likeness (QED) is 0.373. The van der Waals surface area contributed by atoms with Gasteiger partial charge in [0, 0.05) is 18.3 Å². The molecule has 1 aromatic rings. The number of nitrogens with two attached hydrogens (primary N) is 1. The Hall–Kier alpha value is -1.78. The summed E-state index contributed by atoms with van der Waals surface area (Å²) in [6.07, 6.45) is 5.06. The molecule has 20 heavy (non-hydrogen) atoms. The topological polar surface area (TPSA) is 74.7 Å². The monoisotopic (exact) mass is 274 g/mol. The predicted octanol–water partition coefficient (Wildman–Crippen LogP) is 2.17. The van der Waals surface area contributed by atoms with Gasteiger partial charge in [0.25, 0.3) is 0 Å². The van der Waals surface area contributed by atoms with Gasteiger partial charge in [0.05, 0.1) is 5.56 Å². The highest BCUT2D eigenvalue weighted by atomic mass is 16.4. The van der Waals surface area contributed by atoms with Gasteiger partial charge in [0.1, 0.15) is 5.82 Å². The van der Waals surface area contributed by atoms with Crippen molar-refractivity contribution in [3.05, 3.63) is 22.9 Å². The van der Waals surface area contributed by atoms with Crippen LogP contribution in [0, 0.1) is 19.8 Å². The molecule has 3 rings (SSSR count). The zero-order valence-corrected chi connectivity index (χ0v) is 12.1. The van der Waals surface area contributed by atoms with E-state index in [0.29, 0.717) is 6.04 Å². The molecule has 108 valence electrons. The Morgan fingerprint density at radius 3 is 2.65 bits per heavy atom. The van der Waals surface area contributed by atoms with Crippen molar-refractivity contribution in [1.29, 1.82) is 0 Å². The predicted molar refractivity (Wildman–Crippen MR) is 79.3 cm³/mol. The van der Waals surface area contributed by atoms with E-state index < -0.39 is 0 Å². The molecule has 0 radical (unpaired) electrons. The van der Waals surface area contributed by atoms with Crippen LogP contribution in [0.4, 0.5) is 5.82 Å². The number of aryl methyl sites for hydroxylation is 2. The van der Waals surface area contributed by atoms with Gasteiger partial charge in [-0.3, -0.25) is 0 Å². The number of rotatable bonds is 5. The first-order valence-electron chi connectivity index (χ1n) is 7.33. The van der Waals surface area contributed by atoms with Crippen molar-refractivity contribution < 1.29 is 5.21 Å². The van der Waals surface area contributed by atoms with Crippen LogP contribution in [-0.4, -0.2) is 28.6 Å². The molecule has 2 fully saturated rings. The molecule has 2 aliphatic rings. The van der Waals surface area contributed by atoms with Gasteiger partial charge in [-0.1, -0.05) is 5.16 Å². The van der Waals surface area contributed by atoms with E-state index in [9.17, 15) is 0 Å². The lowest BCUT2D eigenvalue weighted by Gasteiger charge is -2.27. The van der Waals surface area contributed by atoms with E-state index >= 15 is 0 Å². The van der Waals surface area contributed by atoms with Crippen molar-refractivity contribution >= 4 is 11.7 Å². The Labute approximate surface area is 119 Å². The van der Waals surface area contributed by atoms with Gasteiger partial charge in [0.15, 0.2) is 5.84 Å². The molecule has 0 aliphatic heterocycles. The molecule has 0 amide bonds. The standard InChI is InChI=1S/C15H22N4O/c1-9-7-10(2)17-15(13(9)14(16)18-20)19(12-5-6-12)8-11-3-4-11/h7,11-12,20H,3-6,8H2,1-2H3,(H2,16,18). The number of nitrogens with zero attached hydrogens (tertiary/aromatic N) is 3. The summed E-state index contributed by atoms with van der Waals surface area (Å²) in [5.74, 6) is 1.84.